The molecule has 0 amide bonds. The number of ketones is 1. The van der Waals surface area contributed by atoms with Gasteiger partial charge in [0.15, 0.2) is 11.5 Å². The summed E-state index contributed by atoms with van der Waals surface area (Å²) in [6, 6.07) is 0. The Morgan fingerprint density at radius 1 is 1.53 bits per heavy atom. The minimum absolute atomic E-state index is 0.127. The summed E-state index contributed by atoms with van der Waals surface area (Å²) in [5, 5.41) is 4.20. The lowest BCUT2D eigenvalue weighted by Gasteiger charge is -2.10. The zero-order valence-electron chi connectivity index (χ0n) is 11.2. The van der Waals surface area contributed by atoms with Crippen LogP contribution in [0.2, 0.25) is 0 Å². The topological polar surface area (TPSA) is 44.1 Å². The number of methoxy groups -OCH3 is 1. The van der Waals surface area contributed by atoms with Gasteiger partial charge >= 0.3 is 0 Å². The first-order chi connectivity index (χ1) is 8.13. The van der Waals surface area contributed by atoms with E-state index in [0.717, 1.165) is 19.4 Å². The van der Waals surface area contributed by atoms with Gasteiger partial charge in [0.1, 0.15) is 5.69 Å². The molecule has 1 atom stereocenters. The summed E-state index contributed by atoms with van der Waals surface area (Å²) < 4.78 is 6.96. The van der Waals surface area contributed by atoms with Crippen molar-refractivity contribution < 1.29 is 9.53 Å². The summed E-state index contributed by atoms with van der Waals surface area (Å²) >= 11 is 0. The summed E-state index contributed by atoms with van der Waals surface area (Å²) in [7, 11) is 1.58. The van der Waals surface area contributed by atoms with Crippen molar-refractivity contribution >= 4 is 5.78 Å². The highest BCUT2D eigenvalue weighted by molar-refractivity contribution is 5.97. The summed E-state index contributed by atoms with van der Waals surface area (Å²) in [5.41, 5.74) is 0.620. The van der Waals surface area contributed by atoms with Crippen LogP contribution in [0.15, 0.2) is 6.20 Å². The molecule has 1 unspecified atom stereocenters. The van der Waals surface area contributed by atoms with Crippen molar-refractivity contribution in [2.24, 2.45) is 5.92 Å². The van der Waals surface area contributed by atoms with Gasteiger partial charge < -0.3 is 4.74 Å². The molecule has 0 saturated carbocycles. The maximum Gasteiger partial charge on any atom is 0.184 e. The van der Waals surface area contributed by atoms with Crippen LogP contribution >= 0.6 is 0 Å². The van der Waals surface area contributed by atoms with Gasteiger partial charge in [0, 0.05) is 13.0 Å². The van der Waals surface area contributed by atoms with Gasteiger partial charge in [-0.25, -0.2) is 0 Å². The molecule has 0 aliphatic carbocycles. The highest BCUT2D eigenvalue weighted by Gasteiger charge is 2.20. The Balaban J connectivity index is 2.92. The molecule has 1 aromatic heterocycles. The van der Waals surface area contributed by atoms with Crippen LogP contribution in [0.3, 0.4) is 0 Å². The summed E-state index contributed by atoms with van der Waals surface area (Å²) in [6.07, 6.45) is 4.15. The lowest BCUT2D eigenvalue weighted by Crippen LogP contribution is -2.14. The predicted molar refractivity (Wildman–Crippen MR) is 67.5 cm³/mol. The van der Waals surface area contributed by atoms with Gasteiger partial charge in [-0.15, -0.1) is 0 Å². The fourth-order valence-corrected chi connectivity index (χ4v) is 1.74. The third-order valence-electron chi connectivity index (χ3n) is 2.96. The number of rotatable bonds is 7. The zero-order valence-corrected chi connectivity index (χ0v) is 11.2. The lowest BCUT2D eigenvalue weighted by molar-refractivity contribution is 0.0949. The molecule has 0 saturated heterocycles. The first kappa shape index (κ1) is 13.7. The number of carbonyl (C=O) groups excluding carboxylic acids is 1. The molecule has 96 valence electrons. The number of hydrogen-bond donors (Lipinski definition) is 0. The number of aromatic nitrogens is 2. The number of ether oxygens (including phenoxy) is 1. The summed E-state index contributed by atoms with van der Waals surface area (Å²) in [5.74, 6) is 1.12. The van der Waals surface area contributed by atoms with Crippen molar-refractivity contribution in [3.63, 3.8) is 0 Å². The Labute approximate surface area is 103 Å². The molecule has 1 rings (SSSR count). The molecule has 0 aliphatic heterocycles. The average Bonchev–Trinajstić information content (AvgIpc) is 2.72. The fourth-order valence-electron chi connectivity index (χ4n) is 1.74. The number of carbonyl (C=O) groups is 1. The maximum atomic E-state index is 12.2. The predicted octanol–water partition coefficient (Wildman–Crippen LogP) is 2.92. The molecular weight excluding hydrogens is 216 g/mol. The number of aryl methyl sites for hydroxylation is 1. The molecular formula is C13H22N2O2. The van der Waals surface area contributed by atoms with Crippen molar-refractivity contribution in [3.05, 3.63) is 11.9 Å². The molecule has 4 nitrogen and oxygen atoms in total. The van der Waals surface area contributed by atoms with Crippen LogP contribution in [-0.2, 0) is 6.54 Å². The molecule has 0 aliphatic rings. The van der Waals surface area contributed by atoms with Crippen LogP contribution in [0.25, 0.3) is 0 Å². The highest BCUT2D eigenvalue weighted by atomic mass is 16.5. The minimum atomic E-state index is 0.127. The Kier molecular flexibility index (Phi) is 5.19. The van der Waals surface area contributed by atoms with Crippen LogP contribution in [0, 0.1) is 5.92 Å². The molecule has 17 heavy (non-hydrogen) atoms. The molecule has 0 bridgehead atoms. The minimum Gasteiger partial charge on any atom is -0.493 e. The third kappa shape index (κ3) is 3.32. The van der Waals surface area contributed by atoms with E-state index in [9.17, 15) is 4.79 Å². The summed E-state index contributed by atoms with van der Waals surface area (Å²) in [4.78, 5) is 12.2. The molecule has 0 radical (unpaired) electrons. The van der Waals surface area contributed by atoms with Crippen molar-refractivity contribution in [2.75, 3.05) is 7.11 Å². The molecule has 1 heterocycles. The fraction of sp³-hybridized carbons (Fsp3) is 0.692. The number of hydrogen-bond acceptors (Lipinski definition) is 3. The Bertz CT molecular complexity index is 371. The monoisotopic (exact) mass is 238 g/mol. The van der Waals surface area contributed by atoms with E-state index in [1.54, 1.807) is 18.0 Å². The lowest BCUT2D eigenvalue weighted by atomic mass is 10.0. The van der Waals surface area contributed by atoms with Crippen LogP contribution in [0.4, 0.5) is 0 Å². The van der Waals surface area contributed by atoms with Crippen molar-refractivity contribution in [1.82, 2.24) is 9.78 Å². The van der Waals surface area contributed by atoms with Gasteiger partial charge in [-0.2, -0.15) is 5.10 Å². The summed E-state index contributed by atoms with van der Waals surface area (Å²) in [6.45, 7) is 7.01. The van der Waals surface area contributed by atoms with Crippen molar-refractivity contribution in [3.8, 4) is 5.75 Å². The van der Waals surface area contributed by atoms with E-state index in [0.29, 0.717) is 23.8 Å². The van der Waals surface area contributed by atoms with E-state index in [4.69, 9.17) is 4.74 Å². The van der Waals surface area contributed by atoms with E-state index >= 15 is 0 Å². The maximum absolute atomic E-state index is 12.2. The van der Waals surface area contributed by atoms with Crippen molar-refractivity contribution in [1.29, 1.82) is 0 Å². The zero-order chi connectivity index (χ0) is 12.8. The second-order valence-corrected chi connectivity index (χ2v) is 4.43. The Hall–Kier alpha value is -1.32. The van der Waals surface area contributed by atoms with Gasteiger partial charge in [0.05, 0.1) is 13.3 Å². The highest BCUT2D eigenvalue weighted by Crippen LogP contribution is 2.22. The van der Waals surface area contributed by atoms with Gasteiger partial charge in [-0.3, -0.25) is 9.48 Å². The van der Waals surface area contributed by atoms with Crippen LogP contribution < -0.4 is 4.74 Å². The van der Waals surface area contributed by atoms with Crippen LogP contribution in [0.1, 0.15) is 50.5 Å². The van der Waals surface area contributed by atoms with Crippen molar-refractivity contribution in [2.45, 2.75) is 46.6 Å². The SMILES string of the molecule is CCCn1ncc(OC)c1C(=O)CC(C)CC. The van der Waals surface area contributed by atoms with Crippen LogP contribution in [0.5, 0.6) is 5.75 Å². The average molecular weight is 238 g/mol. The molecule has 1 aromatic rings. The smallest absolute Gasteiger partial charge is 0.184 e. The molecule has 0 N–H and O–H groups in total. The normalized spacial score (nSPS) is 12.5. The number of Topliss-reactive ketones (excluding diaryl/α,β-unsaturated/α-hetero) is 1. The second-order valence-electron chi connectivity index (χ2n) is 4.43. The van der Waals surface area contributed by atoms with Gasteiger partial charge in [-0.05, 0) is 12.3 Å². The van der Waals surface area contributed by atoms with E-state index in [1.165, 1.54) is 0 Å². The van der Waals surface area contributed by atoms with Gasteiger partial charge in [0.25, 0.3) is 0 Å². The largest absolute Gasteiger partial charge is 0.493 e. The third-order valence-corrected chi connectivity index (χ3v) is 2.96. The van der Waals surface area contributed by atoms with E-state index in [1.807, 2.05) is 0 Å². The van der Waals surface area contributed by atoms with Crippen LogP contribution in [-0.4, -0.2) is 22.7 Å². The quantitative estimate of drug-likeness (QED) is 0.686. The van der Waals surface area contributed by atoms with Gasteiger partial charge in [-0.1, -0.05) is 27.2 Å². The standard InChI is InChI=1S/C13H22N2O2/c1-5-7-15-13(12(17-4)9-14-15)11(16)8-10(3)6-2/h9-10H,5-8H2,1-4H3. The Morgan fingerprint density at radius 3 is 2.76 bits per heavy atom. The first-order valence-electron chi connectivity index (χ1n) is 6.26. The molecule has 0 fully saturated rings. The Morgan fingerprint density at radius 2 is 2.24 bits per heavy atom. The van der Waals surface area contributed by atoms with E-state index in [2.05, 4.69) is 25.9 Å². The van der Waals surface area contributed by atoms with E-state index in [-0.39, 0.29) is 5.78 Å². The molecule has 4 heteroatoms. The van der Waals surface area contributed by atoms with Gasteiger partial charge in [0.2, 0.25) is 0 Å². The second kappa shape index (κ2) is 6.42. The molecule has 0 aromatic carbocycles. The first-order valence-corrected chi connectivity index (χ1v) is 6.26. The number of nitrogens with zero attached hydrogens (tertiary/aromatic N) is 2. The van der Waals surface area contributed by atoms with E-state index < -0.39 is 0 Å². The molecule has 0 spiro atoms.